The maximum absolute atomic E-state index is 13.3. The first-order valence-electron chi connectivity index (χ1n) is 6.38. The van der Waals surface area contributed by atoms with E-state index in [1.165, 1.54) is 12.1 Å². The van der Waals surface area contributed by atoms with Gasteiger partial charge in [0.15, 0.2) is 0 Å². The Bertz CT molecular complexity index is 613. The summed E-state index contributed by atoms with van der Waals surface area (Å²) in [5.74, 6) is -0.272. The predicted octanol–water partition coefficient (Wildman–Crippen LogP) is 4.94. The number of nitrogens with one attached hydrogen (secondary N) is 1. The molecule has 0 spiro atoms. The number of hydrogen-bond donors (Lipinski definition) is 1. The minimum absolute atomic E-state index is 0.0604. The minimum atomic E-state index is -0.272. The fourth-order valence-corrected chi connectivity index (χ4v) is 2.50. The van der Waals surface area contributed by atoms with Gasteiger partial charge in [-0.05, 0) is 61.3 Å². The molecule has 0 aliphatic rings. The van der Waals surface area contributed by atoms with E-state index in [4.69, 9.17) is 23.2 Å². The van der Waals surface area contributed by atoms with Crippen molar-refractivity contribution in [2.24, 2.45) is 0 Å². The van der Waals surface area contributed by atoms with Gasteiger partial charge in [0.25, 0.3) is 0 Å². The van der Waals surface area contributed by atoms with Crippen molar-refractivity contribution in [3.63, 3.8) is 0 Å². The molecule has 1 atom stereocenters. The third-order valence-corrected chi connectivity index (χ3v) is 4.16. The normalized spacial score (nSPS) is 12.4. The second-order valence-corrected chi connectivity index (χ2v) is 5.60. The van der Waals surface area contributed by atoms with Gasteiger partial charge in [-0.25, -0.2) is 4.39 Å². The zero-order chi connectivity index (χ0) is 14.7. The van der Waals surface area contributed by atoms with Crippen molar-refractivity contribution in [1.82, 2.24) is 5.32 Å². The summed E-state index contributed by atoms with van der Waals surface area (Å²) < 4.78 is 13.3. The number of halogens is 3. The van der Waals surface area contributed by atoms with Crippen LogP contribution in [0, 0.1) is 12.7 Å². The highest BCUT2D eigenvalue weighted by atomic mass is 35.5. The summed E-state index contributed by atoms with van der Waals surface area (Å²) in [4.78, 5) is 0. The molecule has 0 amide bonds. The highest BCUT2D eigenvalue weighted by Crippen LogP contribution is 2.26. The van der Waals surface area contributed by atoms with Crippen molar-refractivity contribution in [3.8, 4) is 0 Å². The molecule has 4 heteroatoms. The van der Waals surface area contributed by atoms with Crippen LogP contribution in [0.25, 0.3) is 0 Å². The maximum Gasteiger partial charge on any atom is 0.123 e. The van der Waals surface area contributed by atoms with Gasteiger partial charge in [-0.15, -0.1) is 0 Å². The van der Waals surface area contributed by atoms with E-state index in [2.05, 4.69) is 5.32 Å². The van der Waals surface area contributed by atoms with Crippen LogP contribution in [0.4, 0.5) is 4.39 Å². The number of aryl methyl sites for hydroxylation is 1. The molecule has 0 aliphatic carbocycles. The van der Waals surface area contributed by atoms with Gasteiger partial charge in [0.2, 0.25) is 0 Å². The van der Waals surface area contributed by atoms with Gasteiger partial charge >= 0.3 is 0 Å². The maximum atomic E-state index is 13.3. The fraction of sp³-hybridized carbons (Fsp3) is 0.250. The highest BCUT2D eigenvalue weighted by molar-refractivity contribution is 6.31. The number of likely N-dealkylation sites (N-methyl/N-ethyl adjacent to an activating group) is 1. The quantitative estimate of drug-likeness (QED) is 0.843. The zero-order valence-corrected chi connectivity index (χ0v) is 12.9. The summed E-state index contributed by atoms with van der Waals surface area (Å²) >= 11 is 12.2. The van der Waals surface area contributed by atoms with Gasteiger partial charge in [0.1, 0.15) is 5.82 Å². The van der Waals surface area contributed by atoms with Gasteiger partial charge in [-0.3, -0.25) is 0 Å². The van der Waals surface area contributed by atoms with Crippen LogP contribution >= 0.6 is 23.2 Å². The van der Waals surface area contributed by atoms with Crippen LogP contribution in [0.5, 0.6) is 0 Å². The van der Waals surface area contributed by atoms with E-state index in [1.54, 1.807) is 6.07 Å². The first-order valence-corrected chi connectivity index (χ1v) is 7.14. The molecule has 1 unspecified atom stereocenters. The number of hydrogen-bond acceptors (Lipinski definition) is 1. The van der Waals surface area contributed by atoms with Crippen LogP contribution in [-0.4, -0.2) is 7.05 Å². The zero-order valence-electron chi connectivity index (χ0n) is 11.4. The summed E-state index contributed by atoms with van der Waals surface area (Å²) in [7, 11) is 1.88. The van der Waals surface area contributed by atoms with Crippen molar-refractivity contribution in [3.05, 3.63) is 69.0 Å². The van der Waals surface area contributed by atoms with Crippen molar-refractivity contribution >= 4 is 23.2 Å². The Hall–Kier alpha value is -1.09. The van der Waals surface area contributed by atoms with Crippen LogP contribution in [-0.2, 0) is 6.42 Å². The molecule has 1 N–H and O–H groups in total. The lowest BCUT2D eigenvalue weighted by molar-refractivity contribution is 0.584. The number of benzene rings is 2. The van der Waals surface area contributed by atoms with E-state index in [-0.39, 0.29) is 11.9 Å². The van der Waals surface area contributed by atoms with E-state index in [0.717, 1.165) is 21.7 Å². The molecule has 2 rings (SSSR count). The summed E-state index contributed by atoms with van der Waals surface area (Å²) in [6.45, 7) is 1.97. The third kappa shape index (κ3) is 3.51. The molecule has 0 bridgehead atoms. The first kappa shape index (κ1) is 15.3. The Morgan fingerprint density at radius 1 is 1.10 bits per heavy atom. The molecule has 0 aliphatic heterocycles. The Labute approximate surface area is 128 Å². The molecule has 0 heterocycles. The SMILES string of the molecule is CNC(Cc1cc(F)ccc1Cl)c1ccc(Cl)c(C)c1. The summed E-state index contributed by atoms with van der Waals surface area (Å²) in [6.07, 6.45) is 0.619. The molecule has 1 nitrogen and oxygen atoms in total. The van der Waals surface area contributed by atoms with E-state index >= 15 is 0 Å². The Kier molecular flexibility index (Phi) is 5.03. The Balaban J connectivity index is 2.28. The monoisotopic (exact) mass is 311 g/mol. The Morgan fingerprint density at radius 2 is 1.80 bits per heavy atom. The average Bonchev–Trinajstić information content (AvgIpc) is 2.43. The van der Waals surface area contributed by atoms with E-state index < -0.39 is 0 Å². The average molecular weight is 312 g/mol. The van der Waals surface area contributed by atoms with Crippen molar-refractivity contribution in [2.45, 2.75) is 19.4 Å². The standard InChI is InChI=1S/C16H16Cl2FN/c1-10-7-11(3-5-14(10)17)16(20-2)9-12-8-13(19)4-6-15(12)18/h3-8,16,20H,9H2,1-2H3. The van der Waals surface area contributed by atoms with Crippen LogP contribution in [0.3, 0.4) is 0 Å². The van der Waals surface area contributed by atoms with Gasteiger partial charge in [-0.2, -0.15) is 0 Å². The molecule has 20 heavy (non-hydrogen) atoms. The van der Waals surface area contributed by atoms with Crippen molar-refractivity contribution < 1.29 is 4.39 Å². The molecule has 2 aromatic carbocycles. The van der Waals surface area contributed by atoms with E-state index in [0.29, 0.717) is 11.4 Å². The largest absolute Gasteiger partial charge is 0.313 e. The molecular weight excluding hydrogens is 296 g/mol. The second kappa shape index (κ2) is 6.57. The minimum Gasteiger partial charge on any atom is -0.313 e. The van der Waals surface area contributed by atoms with E-state index in [1.807, 2.05) is 32.2 Å². The predicted molar refractivity (Wildman–Crippen MR) is 83.1 cm³/mol. The lowest BCUT2D eigenvalue weighted by atomic mass is 9.97. The van der Waals surface area contributed by atoms with Crippen LogP contribution in [0.15, 0.2) is 36.4 Å². The van der Waals surface area contributed by atoms with Gasteiger partial charge in [0.05, 0.1) is 0 Å². The van der Waals surface area contributed by atoms with Crippen LogP contribution in [0.2, 0.25) is 10.0 Å². The highest BCUT2D eigenvalue weighted by Gasteiger charge is 2.13. The van der Waals surface area contributed by atoms with Gasteiger partial charge in [0, 0.05) is 16.1 Å². The molecule has 0 saturated carbocycles. The fourth-order valence-electron chi connectivity index (χ4n) is 2.19. The topological polar surface area (TPSA) is 12.0 Å². The summed E-state index contributed by atoms with van der Waals surface area (Å²) in [6, 6.07) is 10.4. The molecule has 0 radical (unpaired) electrons. The van der Waals surface area contributed by atoms with E-state index in [9.17, 15) is 4.39 Å². The molecule has 106 valence electrons. The van der Waals surface area contributed by atoms with Crippen LogP contribution in [0.1, 0.15) is 22.7 Å². The first-order chi connectivity index (χ1) is 9.51. The second-order valence-electron chi connectivity index (χ2n) is 4.79. The van der Waals surface area contributed by atoms with Gasteiger partial charge < -0.3 is 5.32 Å². The molecular formula is C16H16Cl2FN. The smallest absolute Gasteiger partial charge is 0.123 e. The summed E-state index contributed by atoms with van der Waals surface area (Å²) in [5, 5.41) is 4.56. The molecule has 0 aromatic heterocycles. The van der Waals surface area contributed by atoms with Crippen LogP contribution < -0.4 is 5.32 Å². The van der Waals surface area contributed by atoms with Gasteiger partial charge in [-0.1, -0.05) is 35.3 Å². The number of rotatable bonds is 4. The molecule has 0 fully saturated rings. The van der Waals surface area contributed by atoms with Crippen molar-refractivity contribution in [2.75, 3.05) is 7.05 Å². The molecule has 0 saturated heterocycles. The lowest BCUT2D eigenvalue weighted by Crippen LogP contribution is -2.19. The summed E-state index contributed by atoms with van der Waals surface area (Å²) in [5.41, 5.74) is 2.92. The lowest BCUT2D eigenvalue weighted by Gasteiger charge is -2.18. The molecule has 2 aromatic rings. The third-order valence-electron chi connectivity index (χ3n) is 3.36. The van der Waals surface area contributed by atoms with Crippen molar-refractivity contribution in [1.29, 1.82) is 0 Å². The Morgan fingerprint density at radius 3 is 2.45 bits per heavy atom.